The Morgan fingerprint density at radius 3 is 2.39 bits per heavy atom. The monoisotopic (exact) mass is 488 g/mol. The van der Waals surface area contributed by atoms with Gasteiger partial charge in [-0.25, -0.2) is 5.43 Å². The molecule has 0 aromatic heterocycles. The zero-order valence-electron chi connectivity index (χ0n) is 17.8. The topological polar surface area (TPSA) is 103 Å². The minimum Gasteiger partial charge on any atom is -0.493 e. The molecule has 3 aromatic carbocycles. The summed E-state index contributed by atoms with van der Waals surface area (Å²) in [4.78, 5) is 11.9. The normalized spacial score (nSPS) is 11.2. The Labute approximate surface area is 196 Å². The molecule has 33 heavy (non-hydrogen) atoms. The van der Waals surface area contributed by atoms with Gasteiger partial charge >= 0.3 is 10.1 Å². The number of ether oxygens (including phenoxy) is 2. The molecule has 172 valence electrons. The number of benzene rings is 3. The molecule has 0 atom stereocenters. The van der Waals surface area contributed by atoms with Crippen LogP contribution in [0.4, 0.5) is 0 Å². The standard InChI is InChI=1S/C23H21ClN2O6S/c1-16-3-10-20(11-4-16)33(28,29)32-21-12-5-17(13-22(21)30-2)14-25-26-23(27)15-31-19-8-6-18(24)7-9-19/h3-14H,15H2,1-2H3,(H,26,27)/b25-14+. The first-order valence-corrected chi connectivity index (χ1v) is 11.4. The van der Waals surface area contributed by atoms with E-state index in [1.807, 2.05) is 6.92 Å². The van der Waals surface area contributed by atoms with Crippen molar-refractivity contribution >= 4 is 33.8 Å². The number of hydrogen-bond donors (Lipinski definition) is 1. The number of hydrogen-bond acceptors (Lipinski definition) is 7. The Hall–Kier alpha value is -3.56. The number of nitrogens with one attached hydrogen (secondary N) is 1. The highest BCUT2D eigenvalue weighted by atomic mass is 35.5. The molecule has 0 saturated heterocycles. The predicted octanol–water partition coefficient (Wildman–Crippen LogP) is 3.95. The highest BCUT2D eigenvalue weighted by Gasteiger charge is 2.19. The van der Waals surface area contributed by atoms with Gasteiger partial charge in [0.1, 0.15) is 10.6 Å². The molecule has 8 nitrogen and oxygen atoms in total. The largest absolute Gasteiger partial charge is 0.493 e. The maximum Gasteiger partial charge on any atom is 0.339 e. The molecule has 0 unspecified atom stereocenters. The van der Waals surface area contributed by atoms with Crippen molar-refractivity contribution in [3.05, 3.63) is 82.9 Å². The van der Waals surface area contributed by atoms with Crippen LogP contribution < -0.4 is 19.1 Å². The van der Waals surface area contributed by atoms with Gasteiger partial charge in [-0.2, -0.15) is 13.5 Å². The zero-order chi connectivity index (χ0) is 23.8. The summed E-state index contributed by atoms with van der Waals surface area (Å²) < 4.78 is 40.9. The van der Waals surface area contributed by atoms with Crippen molar-refractivity contribution in [1.29, 1.82) is 0 Å². The lowest BCUT2D eigenvalue weighted by atomic mass is 10.2. The van der Waals surface area contributed by atoms with Crippen molar-refractivity contribution in [2.45, 2.75) is 11.8 Å². The molecular weight excluding hydrogens is 468 g/mol. The summed E-state index contributed by atoms with van der Waals surface area (Å²) in [6, 6.07) is 17.4. The second kappa shape index (κ2) is 10.8. The van der Waals surface area contributed by atoms with E-state index < -0.39 is 16.0 Å². The van der Waals surface area contributed by atoms with Crippen LogP contribution in [0.2, 0.25) is 5.02 Å². The second-order valence-corrected chi connectivity index (χ2v) is 8.78. The number of carbonyl (C=O) groups is 1. The van der Waals surface area contributed by atoms with Crippen LogP contribution in [0.15, 0.2) is 76.7 Å². The fraction of sp³-hybridized carbons (Fsp3) is 0.130. The van der Waals surface area contributed by atoms with E-state index in [0.717, 1.165) is 5.56 Å². The molecule has 0 radical (unpaired) electrons. The van der Waals surface area contributed by atoms with Gasteiger partial charge in [0.05, 0.1) is 13.3 Å². The van der Waals surface area contributed by atoms with E-state index in [1.165, 1.54) is 37.6 Å². The molecule has 0 aliphatic rings. The predicted molar refractivity (Wildman–Crippen MR) is 125 cm³/mol. The van der Waals surface area contributed by atoms with Crippen LogP contribution in [0.3, 0.4) is 0 Å². The van der Waals surface area contributed by atoms with E-state index in [9.17, 15) is 13.2 Å². The van der Waals surface area contributed by atoms with Crippen molar-refractivity contribution in [2.24, 2.45) is 5.10 Å². The van der Waals surface area contributed by atoms with Crippen molar-refractivity contribution in [1.82, 2.24) is 5.43 Å². The average Bonchev–Trinajstić information content (AvgIpc) is 2.79. The van der Waals surface area contributed by atoms with E-state index in [4.69, 9.17) is 25.3 Å². The quantitative estimate of drug-likeness (QED) is 0.278. The molecule has 3 rings (SSSR count). The number of aryl methyl sites for hydroxylation is 1. The number of halogens is 1. The maximum atomic E-state index is 12.5. The van der Waals surface area contributed by atoms with Crippen molar-refractivity contribution < 1.29 is 26.9 Å². The molecule has 1 amide bonds. The molecular formula is C23H21ClN2O6S. The lowest BCUT2D eigenvalue weighted by Gasteiger charge is -2.11. The number of rotatable bonds is 9. The summed E-state index contributed by atoms with van der Waals surface area (Å²) in [7, 11) is -2.64. The van der Waals surface area contributed by atoms with Crippen molar-refractivity contribution in [3.63, 3.8) is 0 Å². The highest BCUT2D eigenvalue weighted by Crippen LogP contribution is 2.30. The number of amides is 1. The SMILES string of the molecule is COc1cc(/C=N/NC(=O)COc2ccc(Cl)cc2)ccc1OS(=O)(=O)c1ccc(C)cc1. The summed E-state index contributed by atoms with van der Waals surface area (Å²) in [6.07, 6.45) is 1.38. The number of carbonyl (C=O) groups excluding carboxylic acids is 1. The van der Waals surface area contributed by atoms with Crippen LogP contribution >= 0.6 is 11.6 Å². The Morgan fingerprint density at radius 1 is 1.03 bits per heavy atom. The van der Waals surface area contributed by atoms with Gasteiger partial charge in [0.25, 0.3) is 5.91 Å². The third kappa shape index (κ3) is 6.96. The van der Waals surface area contributed by atoms with Crippen molar-refractivity contribution in [3.8, 4) is 17.2 Å². The van der Waals surface area contributed by atoms with Gasteiger partial charge in [0.2, 0.25) is 0 Å². The van der Waals surface area contributed by atoms with E-state index in [1.54, 1.807) is 42.5 Å². The fourth-order valence-electron chi connectivity index (χ4n) is 2.60. The number of hydrazone groups is 1. The molecule has 0 saturated carbocycles. The Balaban J connectivity index is 1.60. The maximum absolute atomic E-state index is 12.5. The summed E-state index contributed by atoms with van der Waals surface area (Å²) in [5.41, 5.74) is 3.82. The van der Waals surface area contributed by atoms with Crippen LogP contribution in [-0.2, 0) is 14.9 Å². The number of methoxy groups -OCH3 is 1. The molecule has 0 bridgehead atoms. The van der Waals surface area contributed by atoms with Crippen molar-refractivity contribution in [2.75, 3.05) is 13.7 Å². The average molecular weight is 489 g/mol. The van der Waals surface area contributed by atoms with Crippen LogP contribution in [0.5, 0.6) is 17.2 Å². The molecule has 0 fully saturated rings. The highest BCUT2D eigenvalue weighted by molar-refractivity contribution is 7.87. The van der Waals surface area contributed by atoms with Crippen LogP contribution in [-0.4, -0.2) is 34.3 Å². The van der Waals surface area contributed by atoms with Gasteiger partial charge in [-0.05, 0) is 67.1 Å². The van der Waals surface area contributed by atoms with Gasteiger partial charge in [-0.3, -0.25) is 4.79 Å². The van der Waals surface area contributed by atoms with E-state index in [0.29, 0.717) is 16.3 Å². The smallest absolute Gasteiger partial charge is 0.339 e. The zero-order valence-corrected chi connectivity index (χ0v) is 19.4. The third-order valence-corrected chi connectivity index (χ3v) is 5.78. The molecule has 0 aliphatic heterocycles. The summed E-state index contributed by atoms with van der Waals surface area (Å²) in [5, 5.41) is 4.43. The van der Waals surface area contributed by atoms with Crippen LogP contribution in [0.1, 0.15) is 11.1 Å². The molecule has 0 aliphatic carbocycles. The molecule has 0 spiro atoms. The molecule has 1 N–H and O–H groups in total. The third-order valence-electron chi connectivity index (χ3n) is 4.28. The number of nitrogens with zero attached hydrogens (tertiary/aromatic N) is 1. The van der Waals surface area contributed by atoms with Crippen LogP contribution in [0, 0.1) is 6.92 Å². The van der Waals surface area contributed by atoms with Gasteiger partial charge < -0.3 is 13.7 Å². The Kier molecular flexibility index (Phi) is 7.92. The van der Waals surface area contributed by atoms with Crippen LogP contribution in [0.25, 0.3) is 0 Å². The minimum absolute atomic E-state index is 0.0237. The summed E-state index contributed by atoms with van der Waals surface area (Å²) >= 11 is 5.80. The Morgan fingerprint density at radius 2 is 1.73 bits per heavy atom. The first kappa shape index (κ1) is 24.1. The van der Waals surface area contributed by atoms with E-state index in [2.05, 4.69) is 10.5 Å². The molecule has 3 aromatic rings. The first-order valence-electron chi connectivity index (χ1n) is 9.66. The van der Waals surface area contributed by atoms with Gasteiger partial charge in [-0.1, -0.05) is 29.3 Å². The second-order valence-electron chi connectivity index (χ2n) is 6.80. The molecule has 10 heteroatoms. The lowest BCUT2D eigenvalue weighted by molar-refractivity contribution is -0.123. The first-order chi connectivity index (χ1) is 15.8. The fourth-order valence-corrected chi connectivity index (χ4v) is 3.66. The van der Waals surface area contributed by atoms with Gasteiger partial charge in [-0.15, -0.1) is 0 Å². The van der Waals surface area contributed by atoms with E-state index >= 15 is 0 Å². The minimum atomic E-state index is -4.03. The Bertz CT molecular complexity index is 1240. The van der Waals surface area contributed by atoms with Gasteiger partial charge in [0, 0.05) is 5.02 Å². The summed E-state index contributed by atoms with van der Waals surface area (Å²) in [5.74, 6) is 0.249. The lowest BCUT2D eigenvalue weighted by Crippen LogP contribution is -2.24. The van der Waals surface area contributed by atoms with Gasteiger partial charge in [0.15, 0.2) is 18.1 Å². The summed E-state index contributed by atoms with van der Waals surface area (Å²) in [6.45, 7) is 1.63. The van der Waals surface area contributed by atoms with E-state index in [-0.39, 0.29) is 23.0 Å². The molecule has 0 heterocycles.